The van der Waals surface area contributed by atoms with E-state index >= 15 is 0 Å². The van der Waals surface area contributed by atoms with Crippen LogP contribution in [-0.4, -0.2) is 61.6 Å². The Morgan fingerprint density at radius 2 is 1.97 bits per heavy atom. The summed E-state index contributed by atoms with van der Waals surface area (Å²) in [6, 6.07) is 2.94. The molecule has 4 amide bonds. The maximum absolute atomic E-state index is 12.4. The van der Waals surface area contributed by atoms with E-state index in [2.05, 4.69) is 20.3 Å². The van der Waals surface area contributed by atoms with Gasteiger partial charge in [0, 0.05) is 11.1 Å². The van der Waals surface area contributed by atoms with E-state index in [4.69, 9.17) is 11.5 Å². The van der Waals surface area contributed by atoms with Crippen molar-refractivity contribution >= 4 is 55.7 Å². The first kappa shape index (κ1) is 22.0. The third-order valence-electron chi connectivity index (χ3n) is 4.05. The number of amides is 4. The molecule has 0 aliphatic carbocycles. The standard InChI is InChI=1S/C16H17N7O6S2/c1-29-21-12(11-7-30-15(18)20-11)13(24)19-10-6-23(14(10)25)16(26)22-31(27,28)9-4-2-8(17)3-5-9/h2-5,7,10H,6,17H2,1H3,(H2,18,20)(H,19,24)(H,22,26)/t10-/m0/s1. The summed E-state index contributed by atoms with van der Waals surface area (Å²) in [5, 5.41) is 7.66. The molecule has 164 valence electrons. The molecule has 2 heterocycles. The number of carbonyl (C=O) groups excluding carboxylic acids is 3. The summed E-state index contributed by atoms with van der Waals surface area (Å²) in [5.74, 6) is -1.58. The van der Waals surface area contributed by atoms with E-state index in [0.717, 1.165) is 11.3 Å². The van der Waals surface area contributed by atoms with Crippen molar-refractivity contribution in [3.8, 4) is 0 Å². The van der Waals surface area contributed by atoms with Crippen LogP contribution in [0.1, 0.15) is 5.69 Å². The van der Waals surface area contributed by atoms with E-state index in [-0.39, 0.29) is 28.0 Å². The molecule has 1 aliphatic rings. The first-order chi connectivity index (χ1) is 14.6. The lowest BCUT2D eigenvalue weighted by atomic mass is 10.1. The summed E-state index contributed by atoms with van der Waals surface area (Å²) >= 11 is 1.08. The van der Waals surface area contributed by atoms with Gasteiger partial charge in [0.05, 0.1) is 11.4 Å². The monoisotopic (exact) mass is 467 g/mol. The predicted molar refractivity (Wildman–Crippen MR) is 110 cm³/mol. The molecule has 1 saturated heterocycles. The molecule has 0 unspecified atom stereocenters. The van der Waals surface area contributed by atoms with Gasteiger partial charge in [0.2, 0.25) is 0 Å². The van der Waals surface area contributed by atoms with E-state index < -0.39 is 33.9 Å². The second-order valence-corrected chi connectivity index (χ2v) is 8.72. The van der Waals surface area contributed by atoms with E-state index in [9.17, 15) is 22.8 Å². The third-order valence-corrected chi connectivity index (χ3v) is 6.06. The highest BCUT2D eigenvalue weighted by molar-refractivity contribution is 7.90. The fourth-order valence-corrected chi connectivity index (χ4v) is 4.01. The molecule has 6 N–H and O–H groups in total. The number of nitrogen functional groups attached to an aromatic ring is 2. The summed E-state index contributed by atoms with van der Waals surface area (Å²) in [5.41, 5.74) is 11.3. The number of nitrogens with two attached hydrogens (primary N) is 2. The Bertz CT molecular complexity index is 1160. The number of benzene rings is 1. The SMILES string of the molecule is CON=C(C(=O)N[C@H]1CN(C(=O)NS(=O)(=O)c2ccc(N)cc2)C1=O)c1csc(N)n1. The van der Waals surface area contributed by atoms with Crippen LogP contribution in [0, 0.1) is 0 Å². The van der Waals surface area contributed by atoms with Gasteiger partial charge in [-0.25, -0.2) is 22.9 Å². The van der Waals surface area contributed by atoms with Gasteiger partial charge >= 0.3 is 6.03 Å². The number of sulfonamides is 1. The Morgan fingerprint density at radius 1 is 1.29 bits per heavy atom. The summed E-state index contributed by atoms with van der Waals surface area (Å²) in [4.78, 5) is 45.9. The van der Waals surface area contributed by atoms with Gasteiger partial charge in [-0.1, -0.05) is 5.16 Å². The predicted octanol–water partition coefficient (Wildman–Crippen LogP) is -0.916. The highest BCUT2D eigenvalue weighted by Crippen LogP contribution is 2.16. The Balaban J connectivity index is 1.61. The molecule has 1 atom stereocenters. The number of β-lactam (4-membered cyclic amide) rings is 1. The number of hydrogen-bond acceptors (Lipinski definition) is 11. The molecular formula is C16H17N7O6S2. The van der Waals surface area contributed by atoms with E-state index in [0.29, 0.717) is 10.6 Å². The summed E-state index contributed by atoms with van der Waals surface area (Å²) in [6.07, 6.45) is 0. The lowest BCUT2D eigenvalue weighted by Crippen LogP contribution is -2.67. The zero-order valence-corrected chi connectivity index (χ0v) is 17.6. The van der Waals surface area contributed by atoms with Gasteiger partial charge in [0.25, 0.3) is 21.8 Å². The Labute approximate surface area is 180 Å². The average Bonchev–Trinajstić information content (AvgIpc) is 3.14. The molecular weight excluding hydrogens is 450 g/mol. The highest BCUT2D eigenvalue weighted by Gasteiger charge is 2.43. The lowest BCUT2D eigenvalue weighted by molar-refractivity contribution is -0.141. The Kier molecular flexibility index (Phi) is 6.07. The number of imide groups is 1. The number of hydrogen-bond donors (Lipinski definition) is 4. The van der Waals surface area contributed by atoms with Crippen molar-refractivity contribution in [2.75, 3.05) is 25.1 Å². The average molecular weight is 467 g/mol. The quantitative estimate of drug-likeness (QED) is 0.179. The summed E-state index contributed by atoms with van der Waals surface area (Å²) in [7, 11) is -2.98. The van der Waals surface area contributed by atoms with Crippen LogP contribution in [0.4, 0.5) is 15.6 Å². The number of likely N-dealkylation sites (tertiary alicyclic amines) is 1. The van der Waals surface area contributed by atoms with Crippen molar-refractivity contribution in [3.05, 3.63) is 35.3 Å². The minimum atomic E-state index is -4.21. The van der Waals surface area contributed by atoms with E-state index in [1.54, 1.807) is 4.72 Å². The first-order valence-electron chi connectivity index (χ1n) is 8.49. The molecule has 2 aromatic rings. The number of urea groups is 1. The smallest absolute Gasteiger partial charge is 0.338 e. The summed E-state index contributed by atoms with van der Waals surface area (Å²) < 4.78 is 26.3. The fraction of sp³-hybridized carbons (Fsp3) is 0.188. The largest absolute Gasteiger partial charge is 0.399 e. The van der Waals surface area contributed by atoms with Gasteiger partial charge in [0.1, 0.15) is 18.8 Å². The Morgan fingerprint density at radius 3 is 2.52 bits per heavy atom. The number of rotatable bonds is 6. The van der Waals surface area contributed by atoms with Gasteiger partial charge < -0.3 is 21.6 Å². The highest BCUT2D eigenvalue weighted by atomic mass is 32.2. The van der Waals surface area contributed by atoms with Gasteiger partial charge in [-0.2, -0.15) is 0 Å². The Hall–Kier alpha value is -3.72. The normalized spacial score (nSPS) is 16.4. The van der Waals surface area contributed by atoms with E-state index in [1.165, 1.54) is 36.8 Å². The topological polar surface area (TPSA) is 199 Å². The molecule has 0 saturated carbocycles. The number of aromatic nitrogens is 1. The van der Waals surface area contributed by atoms with Crippen molar-refractivity contribution in [2.24, 2.45) is 5.16 Å². The lowest BCUT2D eigenvalue weighted by Gasteiger charge is -2.36. The van der Waals surface area contributed by atoms with Crippen molar-refractivity contribution in [2.45, 2.75) is 10.9 Å². The van der Waals surface area contributed by atoms with Crippen LogP contribution in [0.2, 0.25) is 0 Å². The second-order valence-electron chi connectivity index (χ2n) is 6.15. The molecule has 1 fully saturated rings. The number of nitrogens with one attached hydrogen (secondary N) is 2. The molecule has 3 rings (SSSR count). The van der Waals surface area contributed by atoms with Crippen molar-refractivity contribution in [1.82, 2.24) is 19.9 Å². The molecule has 1 aromatic heterocycles. The minimum Gasteiger partial charge on any atom is -0.399 e. The van der Waals surface area contributed by atoms with Gasteiger partial charge in [-0.05, 0) is 24.3 Å². The number of thiazole rings is 1. The molecule has 0 spiro atoms. The van der Waals surface area contributed by atoms with Gasteiger partial charge in [-0.3, -0.25) is 14.5 Å². The maximum atomic E-state index is 12.4. The number of carbonyl (C=O) groups is 3. The van der Waals surface area contributed by atoms with E-state index in [1.807, 2.05) is 0 Å². The van der Waals surface area contributed by atoms with Crippen LogP contribution in [0.5, 0.6) is 0 Å². The zero-order valence-electron chi connectivity index (χ0n) is 15.9. The van der Waals surface area contributed by atoms with Crippen LogP contribution in [0.15, 0.2) is 39.7 Å². The minimum absolute atomic E-state index is 0.151. The van der Waals surface area contributed by atoms with Crippen LogP contribution in [-0.2, 0) is 24.4 Å². The van der Waals surface area contributed by atoms with Crippen LogP contribution in [0.3, 0.4) is 0 Å². The number of oxime groups is 1. The molecule has 13 nitrogen and oxygen atoms in total. The fourth-order valence-electron chi connectivity index (χ4n) is 2.51. The maximum Gasteiger partial charge on any atom is 0.338 e. The zero-order chi connectivity index (χ0) is 22.8. The molecule has 1 aliphatic heterocycles. The van der Waals surface area contributed by atoms with Crippen LogP contribution in [0.25, 0.3) is 0 Å². The summed E-state index contributed by atoms with van der Waals surface area (Å²) in [6.45, 7) is -0.243. The van der Waals surface area contributed by atoms with Crippen molar-refractivity contribution in [1.29, 1.82) is 0 Å². The van der Waals surface area contributed by atoms with Crippen LogP contribution >= 0.6 is 11.3 Å². The van der Waals surface area contributed by atoms with Gasteiger partial charge in [-0.15, -0.1) is 11.3 Å². The molecule has 1 aromatic carbocycles. The second kappa shape index (κ2) is 8.57. The third kappa shape index (κ3) is 4.72. The molecule has 0 bridgehead atoms. The number of nitrogens with zero attached hydrogens (tertiary/aromatic N) is 3. The molecule has 31 heavy (non-hydrogen) atoms. The van der Waals surface area contributed by atoms with Crippen LogP contribution < -0.4 is 21.5 Å². The van der Waals surface area contributed by atoms with Gasteiger partial charge in [0.15, 0.2) is 10.8 Å². The van der Waals surface area contributed by atoms with Crippen molar-refractivity contribution < 1.29 is 27.6 Å². The number of anilines is 2. The molecule has 15 heteroatoms. The first-order valence-corrected chi connectivity index (χ1v) is 10.9. The van der Waals surface area contributed by atoms with Crippen molar-refractivity contribution in [3.63, 3.8) is 0 Å². The molecule has 0 radical (unpaired) electrons.